The first-order valence-corrected chi connectivity index (χ1v) is 5.23. The van der Waals surface area contributed by atoms with Gasteiger partial charge in [0.2, 0.25) is 11.7 Å². The lowest BCUT2D eigenvalue weighted by Gasteiger charge is -2.02. The Morgan fingerprint density at radius 3 is 2.94 bits per heavy atom. The molecule has 0 atom stereocenters. The zero-order valence-corrected chi connectivity index (χ0v) is 9.34. The first-order valence-electron chi connectivity index (χ1n) is 5.23. The van der Waals surface area contributed by atoms with Crippen molar-refractivity contribution in [3.05, 3.63) is 30.3 Å². The summed E-state index contributed by atoms with van der Waals surface area (Å²) in [5.41, 5.74) is 0.724. The molecule has 0 unspecified atom stereocenters. The topological polar surface area (TPSA) is 63.8 Å². The molecule has 2 aromatic heterocycles. The second-order valence-electron chi connectivity index (χ2n) is 3.76. The highest BCUT2D eigenvalue weighted by molar-refractivity contribution is 5.46. The van der Waals surface area contributed by atoms with Gasteiger partial charge in [0, 0.05) is 12.2 Å². The van der Waals surface area contributed by atoms with Crippen molar-refractivity contribution in [1.82, 2.24) is 20.4 Å². The average molecular weight is 218 g/mol. The first kappa shape index (κ1) is 10.8. The summed E-state index contributed by atoms with van der Waals surface area (Å²) >= 11 is 0. The Morgan fingerprint density at radius 1 is 1.38 bits per heavy atom. The van der Waals surface area contributed by atoms with Gasteiger partial charge in [0.1, 0.15) is 5.69 Å². The van der Waals surface area contributed by atoms with Crippen molar-refractivity contribution >= 4 is 0 Å². The molecule has 2 rings (SSSR count). The van der Waals surface area contributed by atoms with Gasteiger partial charge in [-0.25, -0.2) is 0 Å². The van der Waals surface area contributed by atoms with Crippen LogP contribution in [0.25, 0.3) is 11.5 Å². The Balaban J connectivity index is 2.08. The molecule has 16 heavy (non-hydrogen) atoms. The highest BCUT2D eigenvalue weighted by Gasteiger charge is 2.08. The Morgan fingerprint density at radius 2 is 2.25 bits per heavy atom. The van der Waals surface area contributed by atoms with Crippen molar-refractivity contribution < 1.29 is 4.52 Å². The van der Waals surface area contributed by atoms with E-state index in [2.05, 4.69) is 34.3 Å². The van der Waals surface area contributed by atoms with E-state index in [1.54, 1.807) is 6.20 Å². The Hall–Kier alpha value is -1.75. The second kappa shape index (κ2) is 4.85. The van der Waals surface area contributed by atoms with Crippen LogP contribution in [0.3, 0.4) is 0 Å². The number of aromatic nitrogens is 3. The van der Waals surface area contributed by atoms with E-state index < -0.39 is 0 Å². The van der Waals surface area contributed by atoms with Gasteiger partial charge in [0.25, 0.3) is 0 Å². The molecular formula is C11H14N4O. The van der Waals surface area contributed by atoms with Crippen LogP contribution < -0.4 is 5.32 Å². The molecule has 0 saturated carbocycles. The Kier molecular flexibility index (Phi) is 3.26. The minimum Gasteiger partial charge on any atom is -0.337 e. The fraction of sp³-hybridized carbons (Fsp3) is 0.364. The van der Waals surface area contributed by atoms with E-state index in [0.29, 0.717) is 24.3 Å². The molecule has 0 aliphatic carbocycles. The molecule has 0 bridgehead atoms. The van der Waals surface area contributed by atoms with Gasteiger partial charge in [0.15, 0.2) is 0 Å². The lowest BCUT2D eigenvalue weighted by atomic mass is 10.3. The van der Waals surface area contributed by atoms with E-state index in [-0.39, 0.29) is 0 Å². The Bertz CT molecular complexity index is 438. The summed E-state index contributed by atoms with van der Waals surface area (Å²) in [5, 5.41) is 7.09. The third-order valence-corrected chi connectivity index (χ3v) is 2.02. The molecule has 0 aromatic carbocycles. The average Bonchev–Trinajstić information content (AvgIpc) is 2.76. The maximum Gasteiger partial charge on any atom is 0.240 e. The fourth-order valence-corrected chi connectivity index (χ4v) is 1.22. The van der Waals surface area contributed by atoms with Crippen molar-refractivity contribution in [1.29, 1.82) is 0 Å². The van der Waals surface area contributed by atoms with Crippen LogP contribution in [0.4, 0.5) is 0 Å². The van der Waals surface area contributed by atoms with Crippen LogP contribution in [0.5, 0.6) is 0 Å². The summed E-state index contributed by atoms with van der Waals surface area (Å²) in [6.07, 6.45) is 1.71. The van der Waals surface area contributed by atoms with Crippen LogP contribution >= 0.6 is 0 Å². The van der Waals surface area contributed by atoms with E-state index >= 15 is 0 Å². The predicted molar refractivity (Wildman–Crippen MR) is 59.5 cm³/mol. The van der Waals surface area contributed by atoms with Gasteiger partial charge >= 0.3 is 0 Å². The minimum atomic E-state index is 0.394. The molecule has 2 aromatic rings. The molecule has 84 valence electrons. The predicted octanol–water partition coefficient (Wildman–Crippen LogP) is 1.63. The maximum absolute atomic E-state index is 5.11. The fourth-order valence-electron chi connectivity index (χ4n) is 1.22. The monoisotopic (exact) mass is 218 g/mol. The largest absolute Gasteiger partial charge is 0.337 e. The molecular weight excluding hydrogens is 204 g/mol. The number of rotatable bonds is 4. The summed E-state index contributed by atoms with van der Waals surface area (Å²) < 4.78 is 5.11. The van der Waals surface area contributed by atoms with E-state index in [1.165, 1.54) is 0 Å². The van der Waals surface area contributed by atoms with Crippen molar-refractivity contribution in [2.45, 2.75) is 26.4 Å². The van der Waals surface area contributed by atoms with Crippen LogP contribution in [0.15, 0.2) is 28.9 Å². The zero-order chi connectivity index (χ0) is 11.4. The van der Waals surface area contributed by atoms with E-state index in [4.69, 9.17) is 4.52 Å². The number of pyridine rings is 1. The third-order valence-electron chi connectivity index (χ3n) is 2.02. The van der Waals surface area contributed by atoms with Gasteiger partial charge in [-0.1, -0.05) is 25.1 Å². The van der Waals surface area contributed by atoms with Crippen molar-refractivity contribution in [2.75, 3.05) is 0 Å². The Labute approximate surface area is 93.9 Å². The van der Waals surface area contributed by atoms with Crippen LogP contribution in [0, 0.1) is 0 Å². The van der Waals surface area contributed by atoms with Crippen LogP contribution in [0.1, 0.15) is 19.7 Å². The number of hydrogen-bond donors (Lipinski definition) is 1. The summed E-state index contributed by atoms with van der Waals surface area (Å²) in [6, 6.07) is 5.99. The minimum absolute atomic E-state index is 0.394. The smallest absolute Gasteiger partial charge is 0.240 e. The zero-order valence-electron chi connectivity index (χ0n) is 9.34. The SMILES string of the molecule is CC(C)NCc1nc(-c2ccccn2)no1. The summed E-state index contributed by atoms with van der Waals surface area (Å²) in [7, 11) is 0. The van der Waals surface area contributed by atoms with Crippen molar-refractivity contribution in [3.8, 4) is 11.5 Å². The molecule has 0 aliphatic heterocycles. The molecule has 5 nitrogen and oxygen atoms in total. The van der Waals surface area contributed by atoms with Gasteiger partial charge < -0.3 is 9.84 Å². The van der Waals surface area contributed by atoms with Gasteiger partial charge in [-0.15, -0.1) is 0 Å². The van der Waals surface area contributed by atoms with Crippen LogP contribution in [0.2, 0.25) is 0 Å². The van der Waals surface area contributed by atoms with Gasteiger partial charge in [-0.05, 0) is 12.1 Å². The van der Waals surface area contributed by atoms with Gasteiger partial charge in [-0.3, -0.25) is 4.98 Å². The van der Waals surface area contributed by atoms with E-state index in [0.717, 1.165) is 5.69 Å². The van der Waals surface area contributed by atoms with Crippen molar-refractivity contribution in [2.24, 2.45) is 0 Å². The normalized spacial score (nSPS) is 10.9. The lowest BCUT2D eigenvalue weighted by molar-refractivity contribution is 0.362. The standard InChI is InChI=1S/C11H14N4O/c1-8(2)13-7-10-14-11(15-16-10)9-5-3-4-6-12-9/h3-6,8,13H,7H2,1-2H3. The number of nitrogens with one attached hydrogen (secondary N) is 1. The van der Waals surface area contributed by atoms with Crippen LogP contribution in [-0.2, 0) is 6.54 Å². The molecule has 0 spiro atoms. The first-order chi connectivity index (χ1) is 7.75. The molecule has 0 aliphatic rings. The highest BCUT2D eigenvalue weighted by atomic mass is 16.5. The summed E-state index contributed by atoms with van der Waals surface area (Å²) in [4.78, 5) is 8.40. The van der Waals surface area contributed by atoms with E-state index in [9.17, 15) is 0 Å². The van der Waals surface area contributed by atoms with E-state index in [1.807, 2.05) is 18.2 Å². The molecule has 0 amide bonds. The van der Waals surface area contributed by atoms with Gasteiger partial charge in [-0.2, -0.15) is 4.98 Å². The third kappa shape index (κ3) is 2.64. The van der Waals surface area contributed by atoms with Crippen molar-refractivity contribution in [3.63, 3.8) is 0 Å². The molecule has 1 N–H and O–H groups in total. The summed E-state index contributed by atoms with van der Waals surface area (Å²) in [5.74, 6) is 1.11. The quantitative estimate of drug-likeness (QED) is 0.845. The molecule has 0 saturated heterocycles. The van der Waals surface area contributed by atoms with Gasteiger partial charge in [0.05, 0.1) is 6.54 Å². The lowest BCUT2D eigenvalue weighted by Crippen LogP contribution is -2.21. The number of nitrogens with zero attached hydrogens (tertiary/aromatic N) is 3. The number of hydrogen-bond acceptors (Lipinski definition) is 5. The van der Waals surface area contributed by atoms with Crippen LogP contribution in [-0.4, -0.2) is 21.2 Å². The molecule has 2 heterocycles. The molecule has 0 fully saturated rings. The highest BCUT2D eigenvalue weighted by Crippen LogP contribution is 2.11. The maximum atomic E-state index is 5.11. The summed E-state index contributed by atoms with van der Waals surface area (Å²) in [6.45, 7) is 4.71. The molecule has 0 radical (unpaired) electrons. The molecule has 5 heteroatoms. The second-order valence-corrected chi connectivity index (χ2v) is 3.76.